The fourth-order valence-corrected chi connectivity index (χ4v) is 4.56. The van der Waals surface area contributed by atoms with Crippen LogP contribution in [0.1, 0.15) is 23.3 Å². The molecule has 4 rings (SSSR count). The van der Waals surface area contributed by atoms with Gasteiger partial charge in [0.05, 0.1) is 12.5 Å². The number of aromatic nitrogens is 5. The van der Waals surface area contributed by atoms with Gasteiger partial charge in [-0.25, -0.2) is 9.47 Å². The van der Waals surface area contributed by atoms with E-state index >= 15 is 0 Å². The lowest BCUT2D eigenvalue weighted by Crippen LogP contribution is -2.43. The fourth-order valence-electron chi connectivity index (χ4n) is 3.19. The Morgan fingerprint density at radius 2 is 1.96 bits per heavy atom. The van der Waals surface area contributed by atoms with Crippen LogP contribution in [-0.4, -0.2) is 37.2 Å². The summed E-state index contributed by atoms with van der Waals surface area (Å²) in [6, 6.07) is 0. The van der Waals surface area contributed by atoms with Crippen LogP contribution in [0.5, 0.6) is 0 Å². The number of esters is 1. The molecule has 3 aromatic rings. The van der Waals surface area contributed by atoms with Crippen LogP contribution in [0, 0.1) is 0 Å². The molecule has 0 aromatic carbocycles. The van der Waals surface area contributed by atoms with Gasteiger partial charge in [-0.15, -0.1) is 21.5 Å². The fraction of sp³-hybridized carbons (Fsp3) is 0.400. The molecule has 0 unspecified atom stereocenters. The van der Waals surface area contributed by atoms with Crippen molar-refractivity contribution in [3.63, 3.8) is 0 Å². The van der Waals surface area contributed by atoms with Gasteiger partial charge in [0.2, 0.25) is 0 Å². The number of aryl methyl sites for hydroxylation is 2. The number of ether oxygens (including phenoxy) is 1. The molecule has 1 aliphatic carbocycles. The Hall–Kier alpha value is -2.75. The molecule has 3 heterocycles. The highest BCUT2D eigenvalue weighted by atomic mass is 32.1. The van der Waals surface area contributed by atoms with E-state index < -0.39 is 17.2 Å². The van der Waals surface area contributed by atoms with Gasteiger partial charge in [-0.05, 0) is 31.2 Å². The zero-order valence-electron chi connectivity index (χ0n) is 13.5. The molecule has 130 valence electrons. The van der Waals surface area contributed by atoms with Crippen molar-refractivity contribution in [1.29, 1.82) is 0 Å². The first-order valence-electron chi connectivity index (χ1n) is 7.84. The number of carbonyl (C=O) groups excluding carboxylic acids is 1. The van der Waals surface area contributed by atoms with Crippen LogP contribution in [0.3, 0.4) is 0 Å². The molecule has 0 radical (unpaired) electrons. The average molecular weight is 361 g/mol. The maximum atomic E-state index is 13.1. The van der Waals surface area contributed by atoms with Crippen molar-refractivity contribution in [3.8, 4) is 0 Å². The number of hydrogen-bond donors (Lipinski definition) is 0. The van der Waals surface area contributed by atoms with Crippen molar-refractivity contribution in [3.05, 3.63) is 43.9 Å². The largest absolute Gasteiger partial charge is 0.468 e. The number of carbonyl (C=O) groups is 1. The lowest BCUT2D eigenvalue weighted by molar-refractivity contribution is -0.141. The predicted octanol–water partition coefficient (Wildman–Crippen LogP) is 0.179. The van der Waals surface area contributed by atoms with Crippen LogP contribution in [0.25, 0.3) is 10.2 Å². The first-order valence-corrected chi connectivity index (χ1v) is 8.65. The summed E-state index contributed by atoms with van der Waals surface area (Å²) in [5, 5.41) is 7.81. The molecular formula is C15H15N5O4S. The Morgan fingerprint density at radius 1 is 1.24 bits per heavy atom. The molecule has 1 aliphatic rings. The molecule has 9 nitrogen and oxygen atoms in total. The summed E-state index contributed by atoms with van der Waals surface area (Å²) >= 11 is 1.41. The van der Waals surface area contributed by atoms with E-state index in [2.05, 4.69) is 10.2 Å². The summed E-state index contributed by atoms with van der Waals surface area (Å²) in [5.41, 5.74) is -0.0571. The smallest absolute Gasteiger partial charge is 0.352 e. The van der Waals surface area contributed by atoms with Gasteiger partial charge in [0.25, 0.3) is 5.56 Å². The molecule has 3 aromatic heterocycles. The van der Waals surface area contributed by atoms with Gasteiger partial charge in [0.1, 0.15) is 24.0 Å². The topological polar surface area (TPSA) is 101 Å². The van der Waals surface area contributed by atoms with Crippen LogP contribution in [0.4, 0.5) is 0 Å². The zero-order chi connectivity index (χ0) is 17.6. The van der Waals surface area contributed by atoms with Crippen LogP contribution in [0.15, 0.2) is 22.2 Å². The van der Waals surface area contributed by atoms with E-state index in [0.29, 0.717) is 10.2 Å². The Morgan fingerprint density at radius 3 is 2.68 bits per heavy atom. The third kappa shape index (κ3) is 2.40. The van der Waals surface area contributed by atoms with Crippen LogP contribution in [0.2, 0.25) is 0 Å². The van der Waals surface area contributed by atoms with Crippen LogP contribution in [-0.2, 0) is 28.9 Å². The Balaban J connectivity index is 2.11. The Kier molecular flexibility index (Phi) is 3.75. The van der Waals surface area contributed by atoms with Gasteiger partial charge in [-0.3, -0.25) is 14.2 Å². The standard InChI is InChI=1S/C15H15N5O4S/c1-24-11(21)6-19-14-12(9-4-2-3-5-10(9)25-14)13(22)20(15(19)23)18-7-16-17-8-18/h7-8H,2-6H2,1H3. The highest BCUT2D eigenvalue weighted by molar-refractivity contribution is 7.18. The van der Waals surface area contributed by atoms with Crippen LogP contribution >= 0.6 is 11.3 Å². The number of thiophene rings is 1. The van der Waals surface area contributed by atoms with E-state index in [0.717, 1.165) is 40.8 Å². The van der Waals surface area contributed by atoms with Gasteiger partial charge in [0.15, 0.2) is 0 Å². The predicted molar refractivity (Wildman–Crippen MR) is 89.8 cm³/mol. The lowest BCUT2D eigenvalue weighted by Gasteiger charge is -2.12. The molecule has 10 heteroatoms. The number of fused-ring (bicyclic) bond motifs is 3. The third-order valence-corrected chi connectivity index (χ3v) is 5.68. The molecular weight excluding hydrogens is 346 g/mol. The summed E-state index contributed by atoms with van der Waals surface area (Å²) in [4.78, 5) is 39.4. The number of rotatable bonds is 3. The van der Waals surface area contributed by atoms with E-state index in [1.54, 1.807) is 0 Å². The van der Waals surface area contributed by atoms with Gasteiger partial charge in [0, 0.05) is 4.88 Å². The molecule has 0 amide bonds. The summed E-state index contributed by atoms with van der Waals surface area (Å²) in [7, 11) is 1.26. The van der Waals surface area contributed by atoms with Crippen molar-refractivity contribution in [2.75, 3.05) is 7.11 Å². The van der Waals surface area contributed by atoms with Gasteiger partial charge in [-0.2, -0.15) is 4.68 Å². The second kappa shape index (κ2) is 5.96. The van der Waals surface area contributed by atoms with Gasteiger partial charge in [-0.1, -0.05) is 0 Å². The quantitative estimate of drug-likeness (QED) is 0.617. The second-order valence-corrected chi connectivity index (χ2v) is 6.88. The highest BCUT2D eigenvalue weighted by Crippen LogP contribution is 2.34. The molecule has 0 atom stereocenters. The lowest BCUT2D eigenvalue weighted by atomic mass is 9.97. The molecule has 0 N–H and O–H groups in total. The average Bonchev–Trinajstić information content (AvgIpc) is 3.26. The van der Waals surface area contributed by atoms with Crippen LogP contribution < -0.4 is 11.2 Å². The number of nitrogens with zero attached hydrogens (tertiary/aromatic N) is 5. The molecule has 0 spiro atoms. The molecule has 25 heavy (non-hydrogen) atoms. The molecule has 0 fully saturated rings. The summed E-state index contributed by atoms with van der Waals surface area (Å²) in [6.45, 7) is -0.256. The Labute approximate surface area is 145 Å². The van der Waals surface area contributed by atoms with E-state index in [-0.39, 0.29) is 6.54 Å². The van der Waals surface area contributed by atoms with Crippen molar-refractivity contribution in [2.24, 2.45) is 0 Å². The van der Waals surface area contributed by atoms with E-state index in [1.165, 1.54) is 40.3 Å². The summed E-state index contributed by atoms with van der Waals surface area (Å²) in [5.74, 6) is -0.552. The molecule has 0 saturated carbocycles. The van der Waals surface area contributed by atoms with Crippen molar-refractivity contribution in [2.45, 2.75) is 32.2 Å². The number of hydrogen-bond acceptors (Lipinski definition) is 7. The monoisotopic (exact) mass is 361 g/mol. The first kappa shape index (κ1) is 15.8. The van der Waals surface area contributed by atoms with Gasteiger partial charge < -0.3 is 4.74 Å². The third-order valence-electron chi connectivity index (χ3n) is 4.37. The minimum absolute atomic E-state index is 0.256. The normalized spacial score (nSPS) is 13.8. The molecule has 0 bridgehead atoms. The van der Waals surface area contributed by atoms with E-state index in [4.69, 9.17) is 4.74 Å². The molecule has 0 saturated heterocycles. The maximum Gasteiger partial charge on any atom is 0.352 e. The van der Waals surface area contributed by atoms with Crippen molar-refractivity contribution < 1.29 is 9.53 Å². The second-order valence-electron chi connectivity index (χ2n) is 5.79. The number of methoxy groups -OCH3 is 1. The minimum atomic E-state index is -0.624. The first-order chi connectivity index (χ1) is 12.1. The maximum absolute atomic E-state index is 13.1. The zero-order valence-corrected chi connectivity index (χ0v) is 14.3. The SMILES string of the molecule is COC(=O)Cn1c(=O)n(-n2cnnc2)c(=O)c2c3c(sc21)CCCC3. The van der Waals surface area contributed by atoms with Gasteiger partial charge >= 0.3 is 11.7 Å². The summed E-state index contributed by atoms with van der Waals surface area (Å²) in [6.07, 6.45) is 6.28. The minimum Gasteiger partial charge on any atom is -0.468 e. The van der Waals surface area contributed by atoms with Crippen molar-refractivity contribution >= 4 is 27.5 Å². The van der Waals surface area contributed by atoms with Crippen molar-refractivity contribution in [1.82, 2.24) is 24.1 Å². The van der Waals surface area contributed by atoms with E-state index in [1.807, 2.05) is 0 Å². The van der Waals surface area contributed by atoms with E-state index in [9.17, 15) is 14.4 Å². The summed E-state index contributed by atoms with van der Waals surface area (Å²) < 4.78 is 8.18. The Bertz CT molecular complexity index is 1080. The molecule has 0 aliphatic heterocycles. The highest BCUT2D eigenvalue weighted by Gasteiger charge is 2.25.